The average Bonchev–Trinajstić information content (AvgIpc) is 2.69. The number of fused-ring (bicyclic) bond motifs is 1. The van der Waals surface area contributed by atoms with Crippen LogP contribution < -0.4 is 9.47 Å². The van der Waals surface area contributed by atoms with Crippen molar-refractivity contribution in [3.63, 3.8) is 0 Å². The predicted octanol–water partition coefficient (Wildman–Crippen LogP) is 3.99. The Balaban J connectivity index is 1.97. The number of ketones is 1. The molecule has 0 N–H and O–H groups in total. The summed E-state index contributed by atoms with van der Waals surface area (Å²) in [7, 11) is 1.56. The van der Waals surface area contributed by atoms with Gasteiger partial charge in [-0.2, -0.15) is 0 Å². The van der Waals surface area contributed by atoms with Crippen molar-refractivity contribution in [2.24, 2.45) is 0 Å². The minimum Gasteiger partial charge on any atom is -0.493 e. The molecular weight excluding hydrogens is 380 g/mol. The molecule has 1 aromatic rings. The summed E-state index contributed by atoms with van der Waals surface area (Å²) in [5.74, 6) is 1.04. The van der Waals surface area contributed by atoms with Gasteiger partial charge in [0.25, 0.3) is 0 Å². The quantitative estimate of drug-likeness (QED) is 0.415. The highest BCUT2D eigenvalue weighted by Crippen LogP contribution is 2.37. The van der Waals surface area contributed by atoms with Crippen molar-refractivity contribution in [2.45, 2.75) is 64.8 Å². The van der Waals surface area contributed by atoms with E-state index in [1.54, 1.807) is 26.2 Å². The van der Waals surface area contributed by atoms with E-state index in [0.717, 1.165) is 19.3 Å². The number of hydrogen-bond donors (Lipinski definition) is 1. The summed E-state index contributed by atoms with van der Waals surface area (Å²) in [5, 5.41) is -0.124. The van der Waals surface area contributed by atoms with Gasteiger partial charge in [-0.25, -0.2) is 0 Å². The molecule has 1 aliphatic rings. The summed E-state index contributed by atoms with van der Waals surface area (Å²) in [4.78, 5) is 23.5. The van der Waals surface area contributed by atoms with Crippen LogP contribution in [0, 0.1) is 0 Å². The van der Waals surface area contributed by atoms with E-state index in [4.69, 9.17) is 18.9 Å². The molecule has 1 heterocycles. The smallest absolute Gasteiger partial charge is 0.191 e. The maximum atomic E-state index is 12.3. The summed E-state index contributed by atoms with van der Waals surface area (Å²) in [5.41, 5.74) is 1.33. The summed E-state index contributed by atoms with van der Waals surface area (Å²) >= 11 is 3.83. The molecule has 2 unspecified atom stereocenters. The third kappa shape index (κ3) is 6.22. The number of hydrogen-bond acceptors (Lipinski definition) is 6. The Kier molecular flexibility index (Phi) is 9.28. The Morgan fingerprint density at radius 2 is 2.11 bits per heavy atom. The van der Waals surface area contributed by atoms with E-state index in [1.807, 2.05) is 0 Å². The molecule has 2 atom stereocenters. The van der Waals surface area contributed by atoms with E-state index in [1.165, 1.54) is 0 Å². The number of unbranched alkanes of at least 4 members (excludes halogenated alkanes) is 1. The van der Waals surface area contributed by atoms with Crippen molar-refractivity contribution in [3.8, 4) is 11.5 Å². The lowest BCUT2D eigenvalue weighted by Gasteiger charge is -2.25. The van der Waals surface area contributed by atoms with E-state index in [2.05, 4.69) is 19.6 Å². The lowest BCUT2D eigenvalue weighted by atomic mass is 9.97. The average molecular weight is 411 g/mol. The molecule has 6 nitrogen and oxygen atoms in total. The van der Waals surface area contributed by atoms with Gasteiger partial charge in [0.15, 0.2) is 22.4 Å². The molecule has 28 heavy (non-hydrogen) atoms. The molecule has 0 aliphatic carbocycles. The van der Waals surface area contributed by atoms with Crippen molar-refractivity contribution in [1.82, 2.24) is 0 Å². The van der Waals surface area contributed by atoms with E-state index >= 15 is 0 Å². The number of carbonyl (C=O) groups is 2. The number of rotatable bonds is 12. The maximum absolute atomic E-state index is 12.3. The normalized spacial score (nSPS) is 17.1. The topological polar surface area (TPSA) is 71.1 Å². The van der Waals surface area contributed by atoms with Gasteiger partial charge in [-0.15, -0.1) is 12.6 Å². The van der Waals surface area contributed by atoms with Crippen LogP contribution in [-0.2, 0) is 20.9 Å². The van der Waals surface area contributed by atoms with Gasteiger partial charge in [0.2, 0.25) is 0 Å². The third-order valence-electron chi connectivity index (χ3n) is 4.80. The van der Waals surface area contributed by atoms with E-state index in [-0.39, 0.29) is 17.0 Å². The van der Waals surface area contributed by atoms with Crippen molar-refractivity contribution in [1.29, 1.82) is 0 Å². The molecule has 0 radical (unpaired) electrons. The SMILES string of the molecule is CCCCC(CCC(=O)S)OCCOc1c(OC)ccc2c1COC(C)C2=O. The number of methoxy groups -OCH3 is 1. The molecule has 1 aliphatic heterocycles. The zero-order valence-corrected chi connectivity index (χ0v) is 17.8. The van der Waals surface area contributed by atoms with Crippen LogP contribution in [0.2, 0.25) is 0 Å². The number of carbonyl (C=O) groups excluding carboxylic acids is 2. The van der Waals surface area contributed by atoms with Crippen LogP contribution in [0.25, 0.3) is 0 Å². The first-order valence-corrected chi connectivity index (χ1v) is 10.2. The summed E-state index contributed by atoms with van der Waals surface area (Å²) in [6.07, 6.45) is 3.64. The highest BCUT2D eigenvalue weighted by Gasteiger charge is 2.29. The summed E-state index contributed by atoms with van der Waals surface area (Å²) in [6, 6.07) is 3.50. The molecule has 0 bridgehead atoms. The highest BCUT2D eigenvalue weighted by atomic mass is 32.1. The molecular formula is C21H30O6S. The highest BCUT2D eigenvalue weighted by molar-refractivity contribution is 7.96. The fourth-order valence-electron chi connectivity index (χ4n) is 3.19. The molecule has 0 saturated carbocycles. The molecule has 0 aromatic heterocycles. The molecule has 1 aromatic carbocycles. The fraction of sp³-hybridized carbons (Fsp3) is 0.619. The Bertz CT molecular complexity index is 675. The van der Waals surface area contributed by atoms with Crippen molar-refractivity contribution >= 4 is 23.5 Å². The van der Waals surface area contributed by atoms with Crippen LogP contribution in [0.4, 0.5) is 0 Å². The van der Waals surface area contributed by atoms with Crippen LogP contribution in [0.15, 0.2) is 12.1 Å². The second-order valence-electron chi connectivity index (χ2n) is 6.86. The van der Waals surface area contributed by atoms with E-state index in [0.29, 0.717) is 55.3 Å². The molecule has 2 rings (SSSR count). The Labute approximate surface area is 172 Å². The first kappa shape index (κ1) is 22.7. The third-order valence-corrected chi connectivity index (χ3v) is 5.02. The van der Waals surface area contributed by atoms with Crippen LogP contribution in [0.3, 0.4) is 0 Å². The second kappa shape index (κ2) is 11.4. The summed E-state index contributed by atoms with van der Waals surface area (Å²) < 4.78 is 22.8. The Hall–Kier alpha value is -1.57. The molecule has 156 valence electrons. The number of benzene rings is 1. The number of Topliss-reactive ketones (excluding diaryl/α,β-unsaturated/α-hetero) is 1. The monoisotopic (exact) mass is 410 g/mol. The van der Waals surface area contributed by atoms with Gasteiger partial charge in [-0.05, 0) is 31.9 Å². The molecule has 0 fully saturated rings. The van der Waals surface area contributed by atoms with Gasteiger partial charge < -0.3 is 18.9 Å². The Morgan fingerprint density at radius 3 is 2.79 bits per heavy atom. The lowest BCUT2D eigenvalue weighted by Crippen LogP contribution is -2.28. The summed E-state index contributed by atoms with van der Waals surface area (Å²) in [6.45, 7) is 4.87. The fourth-order valence-corrected chi connectivity index (χ4v) is 3.32. The van der Waals surface area contributed by atoms with E-state index < -0.39 is 6.10 Å². The maximum Gasteiger partial charge on any atom is 0.191 e. The van der Waals surface area contributed by atoms with Gasteiger partial charge in [0, 0.05) is 17.5 Å². The largest absolute Gasteiger partial charge is 0.493 e. The van der Waals surface area contributed by atoms with Gasteiger partial charge in [-0.3, -0.25) is 9.59 Å². The number of thiol groups is 1. The van der Waals surface area contributed by atoms with Crippen molar-refractivity contribution in [3.05, 3.63) is 23.3 Å². The Morgan fingerprint density at radius 1 is 1.32 bits per heavy atom. The van der Waals surface area contributed by atoms with Crippen LogP contribution in [0.5, 0.6) is 11.5 Å². The minimum atomic E-state index is -0.453. The lowest BCUT2D eigenvalue weighted by molar-refractivity contribution is -0.111. The second-order valence-corrected chi connectivity index (χ2v) is 7.36. The van der Waals surface area contributed by atoms with Crippen LogP contribution >= 0.6 is 12.6 Å². The standard InChI is InChI=1S/C21H30O6S/c1-4-5-6-15(7-10-19(22)28)25-11-12-26-21-17-13-27-14(2)20(23)16(17)8-9-18(21)24-3/h8-9,14-15H,4-7,10-13H2,1-3H3,(H,22,28). The predicted molar refractivity (Wildman–Crippen MR) is 110 cm³/mol. The molecule has 0 amide bonds. The molecule has 0 saturated heterocycles. The zero-order valence-electron chi connectivity index (χ0n) is 16.9. The van der Waals surface area contributed by atoms with Crippen LogP contribution in [-0.4, -0.2) is 43.4 Å². The van der Waals surface area contributed by atoms with E-state index in [9.17, 15) is 9.59 Å². The van der Waals surface area contributed by atoms with Crippen LogP contribution in [0.1, 0.15) is 61.9 Å². The minimum absolute atomic E-state index is 0.0111. The number of ether oxygens (including phenoxy) is 4. The molecule has 7 heteroatoms. The van der Waals surface area contributed by atoms with Gasteiger partial charge in [0.05, 0.1) is 26.4 Å². The van der Waals surface area contributed by atoms with Gasteiger partial charge in [0.1, 0.15) is 12.7 Å². The molecule has 0 spiro atoms. The first-order chi connectivity index (χ1) is 13.5. The van der Waals surface area contributed by atoms with Gasteiger partial charge >= 0.3 is 0 Å². The van der Waals surface area contributed by atoms with Crippen molar-refractivity contribution in [2.75, 3.05) is 20.3 Å². The zero-order chi connectivity index (χ0) is 20.5. The van der Waals surface area contributed by atoms with Gasteiger partial charge in [-0.1, -0.05) is 19.8 Å². The van der Waals surface area contributed by atoms with Crippen molar-refractivity contribution < 1.29 is 28.5 Å². The first-order valence-electron chi connectivity index (χ1n) is 9.79.